The second kappa shape index (κ2) is 7.55. The van der Waals surface area contributed by atoms with Gasteiger partial charge < -0.3 is 13.9 Å². The van der Waals surface area contributed by atoms with Gasteiger partial charge in [-0.3, -0.25) is 4.79 Å². The molecule has 0 radical (unpaired) electrons. The van der Waals surface area contributed by atoms with E-state index in [0.29, 0.717) is 22.1 Å². The van der Waals surface area contributed by atoms with Crippen LogP contribution in [0.25, 0.3) is 22.2 Å². The molecule has 2 aromatic carbocycles. The first-order valence-corrected chi connectivity index (χ1v) is 8.73. The van der Waals surface area contributed by atoms with Crippen LogP contribution in [0.2, 0.25) is 0 Å². The van der Waals surface area contributed by atoms with Gasteiger partial charge in [-0.05, 0) is 37.3 Å². The molecule has 4 aromatic rings. The zero-order chi connectivity index (χ0) is 20.4. The number of ether oxygens (including phenoxy) is 2. The van der Waals surface area contributed by atoms with Crippen molar-refractivity contribution in [2.45, 2.75) is 13.0 Å². The molecule has 0 bridgehead atoms. The van der Waals surface area contributed by atoms with E-state index in [0.717, 1.165) is 0 Å². The number of fused-ring (bicyclic) bond motifs is 1. The van der Waals surface area contributed by atoms with E-state index in [2.05, 4.69) is 20.4 Å². The Labute approximate surface area is 164 Å². The number of methoxy groups -OCH3 is 1. The standard InChI is InChI=1S/C20H16N4O5/c1-11(18-23-24-19(29-18)12-7-9-13(27-2)10-8-12)28-20(26)16-14-5-3-4-6-15(14)17(25)22-21-16/h3-11H,1-2H3,(H,22,25)/t11-/m1/s1. The molecule has 2 aromatic heterocycles. The van der Waals surface area contributed by atoms with Gasteiger partial charge in [0.15, 0.2) is 11.8 Å². The van der Waals surface area contributed by atoms with Gasteiger partial charge in [0.2, 0.25) is 5.89 Å². The molecule has 0 saturated heterocycles. The summed E-state index contributed by atoms with van der Waals surface area (Å²) in [5.41, 5.74) is 0.324. The SMILES string of the molecule is COc1ccc(-c2nnc([C@@H](C)OC(=O)c3n[nH]c(=O)c4ccccc34)o2)cc1. The molecule has 0 unspecified atom stereocenters. The summed E-state index contributed by atoms with van der Waals surface area (Å²) in [6.45, 7) is 1.61. The van der Waals surface area contributed by atoms with Crippen LogP contribution in [0.4, 0.5) is 0 Å². The predicted molar refractivity (Wildman–Crippen MR) is 102 cm³/mol. The van der Waals surface area contributed by atoms with Gasteiger partial charge in [-0.15, -0.1) is 10.2 Å². The average Bonchev–Trinajstić information content (AvgIpc) is 3.24. The van der Waals surface area contributed by atoms with Crippen molar-refractivity contribution in [2.24, 2.45) is 0 Å². The molecular weight excluding hydrogens is 376 g/mol. The van der Waals surface area contributed by atoms with Crippen LogP contribution < -0.4 is 10.3 Å². The second-order valence-electron chi connectivity index (χ2n) is 6.17. The molecule has 1 N–H and O–H groups in total. The van der Waals surface area contributed by atoms with Crippen molar-refractivity contribution >= 4 is 16.7 Å². The van der Waals surface area contributed by atoms with E-state index >= 15 is 0 Å². The van der Waals surface area contributed by atoms with Crippen molar-refractivity contribution in [2.75, 3.05) is 7.11 Å². The highest BCUT2D eigenvalue weighted by Gasteiger charge is 2.22. The topological polar surface area (TPSA) is 120 Å². The maximum Gasteiger partial charge on any atom is 0.360 e. The molecule has 0 aliphatic rings. The zero-order valence-corrected chi connectivity index (χ0v) is 15.6. The third-order valence-corrected chi connectivity index (χ3v) is 4.30. The number of nitrogens with one attached hydrogen (secondary N) is 1. The molecule has 2 heterocycles. The molecule has 9 nitrogen and oxygen atoms in total. The first-order valence-electron chi connectivity index (χ1n) is 8.73. The van der Waals surface area contributed by atoms with E-state index in [1.165, 1.54) is 0 Å². The lowest BCUT2D eigenvalue weighted by atomic mass is 10.1. The highest BCUT2D eigenvalue weighted by atomic mass is 16.6. The first kappa shape index (κ1) is 18.4. The van der Waals surface area contributed by atoms with Crippen LogP contribution in [0.15, 0.2) is 57.7 Å². The number of hydrogen-bond acceptors (Lipinski definition) is 8. The third kappa shape index (κ3) is 3.57. The average molecular weight is 392 g/mol. The van der Waals surface area contributed by atoms with Gasteiger partial charge in [-0.25, -0.2) is 9.89 Å². The lowest BCUT2D eigenvalue weighted by Gasteiger charge is -2.10. The van der Waals surface area contributed by atoms with Gasteiger partial charge in [0.1, 0.15) is 5.75 Å². The van der Waals surface area contributed by atoms with Gasteiger partial charge in [-0.2, -0.15) is 5.10 Å². The lowest BCUT2D eigenvalue weighted by Crippen LogP contribution is -2.17. The van der Waals surface area contributed by atoms with Gasteiger partial charge in [0, 0.05) is 10.9 Å². The number of nitrogens with zero attached hydrogens (tertiary/aromatic N) is 3. The van der Waals surface area contributed by atoms with Crippen LogP contribution in [-0.2, 0) is 4.74 Å². The number of esters is 1. The van der Waals surface area contributed by atoms with Crippen LogP contribution in [0, 0.1) is 0 Å². The molecule has 4 rings (SSSR count). The Morgan fingerprint density at radius 3 is 2.52 bits per heavy atom. The molecular formula is C20H16N4O5. The van der Waals surface area contributed by atoms with Crippen LogP contribution in [0.1, 0.15) is 29.4 Å². The minimum Gasteiger partial charge on any atom is -0.497 e. The molecule has 0 amide bonds. The second-order valence-corrected chi connectivity index (χ2v) is 6.17. The highest BCUT2D eigenvalue weighted by molar-refractivity contribution is 6.02. The van der Waals surface area contributed by atoms with Crippen molar-refractivity contribution in [1.82, 2.24) is 20.4 Å². The molecule has 0 fully saturated rings. The number of carbonyl (C=O) groups is 1. The van der Waals surface area contributed by atoms with Crippen molar-refractivity contribution < 1.29 is 18.7 Å². The molecule has 0 aliphatic carbocycles. The van der Waals surface area contributed by atoms with Crippen LogP contribution >= 0.6 is 0 Å². The van der Waals surface area contributed by atoms with Crippen molar-refractivity contribution in [3.8, 4) is 17.2 Å². The fourth-order valence-electron chi connectivity index (χ4n) is 2.79. The maximum atomic E-state index is 12.6. The van der Waals surface area contributed by atoms with E-state index in [-0.39, 0.29) is 23.0 Å². The first-order chi connectivity index (χ1) is 14.1. The summed E-state index contributed by atoms with van der Waals surface area (Å²) in [5, 5.41) is 14.8. The fourth-order valence-corrected chi connectivity index (χ4v) is 2.79. The Balaban J connectivity index is 1.55. The van der Waals surface area contributed by atoms with E-state index < -0.39 is 12.1 Å². The molecule has 146 valence electrons. The molecule has 1 atom stereocenters. The Morgan fingerprint density at radius 2 is 1.79 bits per heavy atom. The summed E-state index contributed by atoms with van der Waals surface area (Å²) in [6.07, 6.45) is -0.811. The summed E-state index contributed by atoms with van der Waals surface area (Å²) in [7, 11) is 1.58. The Morgan fingerprint density at radius 1 is 1.07 bits per heavy atom. The normalized spacial score (nSPS) is 11.9. The summed E-state index contributed by atoms with van der Waals surface area (Å²) in [4.78, 5) is 24.5. The summed E-state index contributed by atoms with van der Waals surface area (Å²) >= 11 is 0. The van der Waals surface area contributed by atoms with E-state index in [4.69, 9.17) is 13.9 Å². The number of rotatable bonds is 5. The van der Waals surface area contributed by atoms with E-state index in [1.807, 2.05) is 0 Å². The van der Waals surface area contributed by atoms with E-state index in [9.17, 15) is 9.59 Å². The Bertz CT molecular complexity index is 1230. The quantitative estimate of drug-likeness (QED) is 0.515. The van der Waals surface area contributed by atoms with Crippen LogP contribution in [0.3, 0.4) is 0 Å². The molecule has 29 heavy (non-hydrogen) atoms. The number of hydrogen-bond donors (Lipinski definition) is 1. The van der Waals surface area contributed by atoms with Gasteiger partial charge in [-0.1, -0.05) is 18.2 Å². The number of aromatic amines is 1. The number of benzene rings is 2. The van der Waals surface area contributed by atoms with Gasteiger partial charge in [0.05, 0.1) is 12.5 Å². The third-order valence-electron chi connectivity index (χ3n) is 4.30. The molecule has 0 saturated carbocycles. The minimum absolute atomic E-state index is 0.00180. The van der Waals surface area contributed by atoms with E-state index in [1.54, 1.807) is 62.6 Å². The van der Waals surface area contributed by atoms with Crippen molar-refractivity contribution in [3.63, 3.8) is 0 Å². The Kier molecular flexibility index (Phi) is 4.78. The fraction of sp³-hybridized carbons (Fsp3) is 0.150. The van der Waals surface area contributed by atoms with Crippen molar-refractivity contribution in [1.29, 1.82) is 0 Å². The number of aromatic nitrogens is 4. The summed E-state index contributed by atoms with van der Waals surface area (Å²) < 4.78 is 16.2. The summed E-state index contributed by atoms with van der Waals surface area (Å²) in [5.74, 6) is 0.418. The molecule has 9 heteroatoms. The van der Waals surface area contributed by atoms with Gasteiger partial charge in [0.25, 0.3) is 11.4 Å². The van der Waals surface area contributed by atoms with Gasteiger partial charge >= 0.3 is 5.97 Å². The number of carbonyl (C=O) groups excluding carboxylic acids is 1. The van der Waals surface area contributed by atoms with Crippen LogP contribution in [0.5, 0.6) is 5.75 Å². The maximum absolute atomic E-state index is 12.6. The minimum atomic E-state index is -0.811. The number of H-pyrrole nitrogens is 1. The van der Waals surface area contributed by atoms with Crippen molar-refractivity contribution in [3.05, 3.63) is 70.5 Å². The zero-order valence-electron chi connectivity index (χ0n) is 15.6. The smallest absolute Gasteiger partial charge is 0.360 e. The molecule has 0 spiro atoms. The summed E-state index contributed by atoms with van der Waals surface area (Å²) in [6, 6.07) is 13.8. The largest absolute Gasteiger partial charge is 0.497 e. The lowest BCUT2D eigenvalue weighted by molar-refractivity contribution is 0.0274. The monoisotopic (exact) mass is 392 g/mol. The Hall–Kier alpha value is -4.01. The predicted octanol–water partition coefficient (Wildman–Crippen LogP) is 2.90. The molecule has 0 aliphatic heterocycles. The van der Waals surface area contributed by atoms with Crippen LogP contribution in [-0.4, -0.2) is 33.5 Å². The highest BCUT2D eigenvalue weighted by Crippen LogP contribution is 2.25.